The lowest BCUT2D eigenvalue weighted by molar-refractivity contribution is 0.0954. The number of carbonyl (C=O) groups is 1. The molecule has 5 rings (SSSR count). The molecule has 0 aliphatic rings. The van der Waals surface area contributed by atoms with Crippen LogP contribution in [-0.2, 0) is 6.42 Å². The van der Waals surface area contributed by atoms with Crippen molar-refractivity contribution in [3.05, 3.63) is 102 Å². The first kappa shape index (κ1) is 23.7. The Labute approximate surface area is 212 Å². The van der Waals surface area contributed by atoms with Crippen molar-refractivity contribution in [3.63, 3.8) is 0 Å². The molecule has 0 unspecified atom stereocenters. The van der Waals surface area contributed by atoms with Crippen LogP contribution in [0.3, 0.4) is 0 Å². The van der Waals surface area contributed by atoms with E-state index in [1.165, 1.54) is 12.1 Å². The fourth-order valence-corrected chi connectivity index (χ4v) is 4.00. The van der Waals surface area contributed by atoms with E-state index < -0.39 is 0 Å². The van der Waals surface area contributed by atoms with Crippen LogP contribution in [-0.4, -0.2) is 33.4 Å². The van der Waals surface area contributed by atoms with E-state index in [0.29, 0.717) is 47.0 Å². The fraction of sp³-hybridized carbons (Fsp3) is 0.0714. The van der Waals surface area contributed by atoms with Gasteiger partial charge in [-0.1, -0.05) is 36.4 Å². The van der Waals surface area contributed by atoms with Crippen molar-refractivity contribution in [2.24, 2.45) is 16.5 Å². The molecule has 3 aromatic carbocycles. The van der Waals surface area contributed by atoms with Gasteiger partial charge < -0.3 is 21.8 Å². The number of aliphatic imine (C=N–C) groups is 1. The molecule has 9 heteroatoms. The van der Waals surface area contributed by atoms with Crippen LogP contribution in [0, 0.1) is 5.82 Å². The first-order chi connectivity index (χ1) is 17.9. The molecule has 8 nitrogen and oxygen atoms in total. The summed E-state index contributed by atoms with van der Waals surface area (Å²) in [5.74, 6) is -0.106. The Balaban J connectivity index is 1.39. The van der Waals surface area contributed by atoms with E-state index in [2.05, 4.69) is 25.3 Å². The lowest BCUT2D eigenvalue weighted by atomic mass is 10.1. The van der Waals surface area contributed by atoms with Gasteiger partial charge in [0.05, 0.1) is 17.6 Å². The second-order valence-corrected chi connectivity index (χ2v) is 8.50. The maximum Gasteiger partial charge on any atom is 0.251 e. The number of pyridine rings is 1. The Hall–Kier alpha value is -5.05. The van der Waals surface area contributed by atoms with Crippen LogP contribution in [0.1, 0.15) is 15.9 Å². The minimum absolute atomic E-state index is 0.120. The van der Waals surface area contributed by atoms with Crippen LogP contribution in [0.4, 0.5) is 10.1 Å². The van der Waals surface area contributed by atoms with E-state index >= 15 is 0 Å². The van der Waals surface area contributed by atoms with Gasteiger partial charge in [0, 0.05) is 29.3 Å². The van der Waals surface area contributed by atoms with Crippen molar-refractivity contribution < 1.29 is 9.18 Å². The van der Waals surface area contributed by atoms with Crippen LogP contribution in [0.5, 0.6) is 0 Å². The number of H-pyrrole nitrogens is 1. The second-order valence-electron chi connectivity index (χ2n) is 8.50. The Morgan fingerprint density at radius 2 is 1.73 bits per heavy atom. The van der Waals surface area contributed by atoms with E-state index in [-0.39, 0.29) is 17.7 Å². The highest BCUT2D eigenvalue weighted by Crippen LogP contribution is 2.28. The lowest BCUT2D eigenvalue weighted by Gasteiger charge is -2.09. The van der Waals surface area contributed by atoms with Crippen molar-refractivity contribution >= 4 is 28.3 Å². The van der Waals surface area contributed by atoms with E-state index in [1.807, 2.05) is 30.3 Å². The molecule has 0 radical (unpaired) electrons. The predicted molar refractivity (Wildman–Crippen MR) is 143 cm³/mol. The SMILES string of the molecule is NC(N)=Nc1cc(C(=O)NCCc2ccc(F)cc2)cc(-c2cnc(-c3cc4ccccc4cn3)[nH]2)c1. The molecule has 0 saturated carbocycles. The second kappa shape index (κ2) is 10.3. The van der Waals surface area contributed by atoms with E-state index in [9.17, 15) is 9.18 Å². The van der Waals surface area contributed by atoms with E-state index in [1.54, 1.807) is 42.7 Å². The number of nitrogens with two attached hydrogens (primary N) is 2. The predicted octanol–water partition coefficient (Wildman–Crippen LogP) is 4.31. The molecule has 0 bridgehead atoms. The summed E-state index contributed by atoms with van der Waals surface area (Å²) in [5, 5.41) is 4.99. The van der Waals surface area contributed by atoms with E-state index in [4.69, 9.17) is 11.5 Å². The van der Waals surface area contributed by atoms with Crippen molar-refractivity contribution in [3.8, 4) is 22.8 Å². The zero-order valence-electron chi connectivity index (χ0n) is 19.8. The van der Waals surface area contributed by atoms with Gasteiger partial charge >= 0.3 is 0 Å². The number of guanidine groups is 1. The summed E-state index contributed by atoms with van der Waals surface area (Å²) in [6.45, 7) is 0.383. The highest BCUT2D eigenvalue weighted by Gasteiger charge is 2.13. The molecule has 2 heterocycles. The zero-order valence-corrected chi connectivity index (χ0v) is 19.8. The van der Waals surface area contributed by atoms with Gasteiger partial charge in [-0.3, -0.25) is 9.78 Å². The van der Waals surface area contributed by atoms with Crippen molar-refractivity contribution in [1.29, 1.82) is 0 Å². The van der Waals surface area contributed by atoms with Crippen LogP contribution in [0.25, 0.3) is 33.5 Å². The first-order valence-electron chi connectivity index (χ1n) is 11.6. The summed E-state index contributed by atoms with van der Waals surface area (Å²) >= 11 is 0. The average Bonchev–Trinajstić information content (AvgIpc) is 3.39. The summed E-state index contributed by atoms with van der Waals surface area (Å²) < 4.78 is 13.1. The smallest absolute Gasteiger partial charge is 0.251 e. The summed E-state index contributed by atoms with van der Waals surface area (Å²) in [5.41, 5.74) is 15.0. The normalized spacial score (nSPS) is 10.8. The van der Waals surface area contributed by atoms with Crippen molar-refractivity contribution in [2.75, 3.05) is 6.54 Å². The molecule has 2 aromatic heterocycles. The molecular formula is C28H24FN7O. The number of aromatic amines is 1. The monoisotopic (exact) mass is 493 g/mol. The molecule has 184 valence electrons. The van der Waals surface area contributed by atoms with Gasteiger partial charge in [0.25, 0.3) is 5.91 Å². The number of hydrogen-bond acceptors (Lipinski definition) is 4. The molecule has 0 spiro atoms. The Morgan fingerprint density at radius 3 is 2.51 bits per heavy atom. The average molecular weight is 494 g/mol. The number of rotatable bonds is 7. The van der Waals surface area contributed by atoms with Crippen LogP contribution in [0.15, 0.2) is 90.2 Å². The van der Waals surface area contributed by atoms with Crippen LogP contribution in [0.2, 0.25) is 0 Å². The number of halogens is 1. The molecule has 0 aliphatic heterocycles. The largest absolute Gasteiger partial charge is 0.370 e. The summed E-state index contributed by atoms with van der Waals surface area (Å²) in [6.07, 6.45) is 4.05. The number of carbonyl (C=O) groups excluding carboxylic acids is 1. The van der Waals surface area contributed by atoms with Crippen LogP contribution >= 0.6 is 0 Å². The molecule has 0 aliphatic carbocycles. The molecule has 5 aromatic rings. The number of nitrogens with one attached hydrogen (secondary N) is 2. The Morgan fingerprint density at radius 1 is 0.946 bits per heavy atom. The number of amides is 1. The molecule has 0 fully saturated rings. The quantitative estimate of drug-likeness (QED) is 0.198. The van der Waals surface area contributed by atoms with Gasteiger partial charge in [-0.25, -0.2) is 14.4 Å². The molecular weight excluding hydrogens is 469 g/mol. The van der Waals surface area contributed by atoms with Gasteiger partial charge in [-0.05, 0) is 53.8 Å². The minimum atomic E-state index is -0.296. The van der Waals surface area contributed by atoms with Gasteiger partial charge in [0.2, 0.25) is 0 Å². The number of hydrogen-bond donors (Lipinski definition) is 4. The highest BCUT2D eigenvalue weighted by molar-refractivity contribution is 5.97. The topological polar surface area (TPSA) is 135 Å². The third-order valence-corrected chi connectivity index (χ3v) is 5.81. The number of fused-ring (bicyclic) bond motifs is 1. The highest BCUT2D eigenvalue weighted by atomic mass is 19.1. The molecule has 6 N–H and O–H groups in total. The lowest BCUT2D eigenvalue weighted by Crippen LogP contribution is -2.25. The van der Waals surface area contributed by atoms with Crippen LogP contribution < -0.4 is 16.8 Å². The zero-order chi connectivity index (χ0) is 25.8. The molecule has 0 atom stereocenters. The first-order valence-corrected chi connectivity index (χ1v) is 11.6. The summed E-state index contributed by atoms with van der Waals surface area (Å²) in [6, 6.07) is 21.2. The Bertz CT molecular complexity index is 1610. The number of imidazole rings is 1. The molecule has 1 amide bonds. The third kappa shape index (κ3) is 5.62. The fourth-order valence-electron chi connectivity index (χ4n) is 4.00. The van der Waals surface area contributed by atoms with Crippen molar-refractivity contribution in [2.45, 2.75) is 6.42 Å². The number of benzene rings is 3. The maximum atomic E-state index is 13.1. The molecule has 0 saturated heterocycles. The standard InChI is InChI=1S/C28H24FN7O/c29-22-7-5-17(6-8-22)9-10-32-27(37)21-11-20(12-23(13-21)35-28(30)31)25-16-34-26(36-25)24-14-18-3-1-2-4-19(18)15-33-24/h1-8,11-16H,9-10H2,(H,32,37)(H,34,36)(H4,30,31,35). The molecule has 37 heavy (non-hydrogen) atoms. The van der Waals surface area contributed by atoms with Gasteiger partial charge in [-0.15, -0.1) is 0 Å². The summed E-state index contributed by atoms with van der Waals surface area (Å²) in [7, 11) is 0. The summed E-state index contributed by atoms with van der Waals surface area (Å²) in [4.78, 5) is 29.4. The van der Waals surface area contributed by atoms with Gasteiger partial charge in [0.1, 0.15) is 11.5 Å². The maximum absolute atomic E-state index is 13.1. The van der Waals surface area contributed by atoms with Gasteiger partial charge in [-0.2, -0.15) is 0 Å². The van der Waals surface area contributed by atoms with Crippen molar-refractivity contribution in [1.82, 2.24) is 20.3 Å². The van der Waals surface area contributed by atoms with Gasteiger partial charge in [0.15, 0.2) is 11.8 Å². The number of nitrogens with zero attached hydrogens (tertiary/aromatic N) is 3. The van der Waals surface area contributed by atoms with E-state index in [0.717, 1.165) is 16.3 Å². The number of aromatic nitrogens is 3. The Kier molecular flexibility index (Phi) is 6.58. The minimum Gasteiger partial charge on any atom is -0.370 e. The third-order valence-electron chi connectivity index (χ3n) is 5.81.